The molecule has 0 N–H and O–H groups in total. The summed E-state index contributed by atoms with van der Waals surface area (Å²) in [5, 5.41) is 0. The number of likely N-dealkylation sites (N-methyl/N-ethyl adjacent to an activating group) is 2. The average Bonchev–Trinajstić information content (AvgIpc) is 2.72. The van der Waals surface area contributed by atoms with Gasteiger partial charge in [-0.2, -0.15) is 0 Å². The fraction of sp³-hybridized carbons (Fsp3) is 0.500. The Morgan fingerprint density at radius 3 is 2.07 bits per heavy atom. The number of hydrogen-bond donors (Lipinski definition) is 0. The molecule has 1 saturated heterocycles. The molecule has 0 bridgehead atoms. The zero-order chi connectivity index (χ0) is 19.8. The molecule has 0 saturated carbocycles. The van der Waals surface area contributed by atoms with Gasteiger partial charge >= 0.3 is 0 Å². The third kappa shape index (κ3) is 6.62. The summed E-state index contributed by atoms with van der Waals surface area (Å²) in [5.41, 5.74) is 4.19. The lowest BCUT2D eigenvalue weighted by atomic mass is 10.1. The van der Waals surface area contributed by atoms with Crippen molar-refractivity contribution in [3.05, 3.63) is 65.7 Å². The summed E-state index contributed by atoms with van der Waals surface area (Å²) in [4.78, 5) is 9.76. The molecule has 28 heavy (non-hydrogen) atoms. The first-order valence-electron chi connectivity index (χ1n) is 10.5. The minimum atomic E-state index is 1.02. The molecular weight excluding hydrogens is 344 g/mol. The van der Waals surface area contributed by atoms with Gasteiger partial charge in [-0.25, -0.2) is 0 Å². The van der Waals surface area contributed by atoms with Crippen molar-refractivity contribution in [2.75, 3.05) is 71.9 Å². The Morgan fingerprint density at radius 2 is 1.43 bits per heavy atom. The van der Waals surface area contributed by atoms with Crippen LogP contribution >= 0.6 is 0 Å². The molecule has 0 radical (unpaired) electrons. The predicted octanol–water partition coefficient (Wildman–Crippen LogP) is 3.04. The number of piperazine rings is 1. The van der Waals surface area contributed by atoms with Crippen molar-refractivity contribution in [2.45, 2.75) is 13.0 Å². The summed E-state index contributed by atoms with van der Waals surface area (Å²) < 4.78 is 0. The van der Waals surface area contributed by atoms with Crippen molar-refractivity contribution in [3.63, 3.8) is 0 Å². The molecule has 1 aliphatic rings. The SMILES string of the molecule is CN(C)CCN(CCc1ccccc1)Cc1ccc(N2CCN(C)CC2)cc1. The van der Waals surface area contributed by atoms with Crippen LogP contribution in [0.4, 0.5) is 5.69 Å². The number of hydrogen-bond acceptors (Lipinski definition) is 4. The molecule has 0 spiro atoms. The summed E-state index contributed by atoms with van der Waals surface area (Å²) >= 11 is 0. The Morgan fingerprint density at radius 1 is 0.750 bits per heavy atom. The molecule has 0 atom stereocenters. The van der Waals surface area contributed by atoms with E-state index >= 15 is 0 Å². The summed E-state index contributed by atoms with van der Waals surface area (Å²) in [7, 11) is 6.51. The summed E-state index contributed by atoms with van der Waals surface area (Å²) in [5.74, 6) is 0. The average molecular weight is 381 g/mol. The second-order valence-corrected chi connectivity index (χ2v) is 8.27. The molecule has 0 aromatic heterocycles. The molecule has 0 unspecified atom stereocenters. The van der Waals surface area contributed by atoms with Gasteiger partial charge < -0.3 is 14.7 Å². The van der Waals surface area contributed by atoms with Crippen LogP contribution in [0.5, 0.6) is 0 Å². The van der Waals surface area contributed by atoms with Crippen molar-refractivity contribution < 1.29 is 0 Å². The molecule has 0 aliphatic carbocycles. The highest BCUT2D eigenvalue weighted by molar-refractivity contribution is 5.48. The molecule has 4 heteroatoms. The van der Waals surface area contributed by atoms with Crippen LogP contribution < -0.4 is 4.90 Å². The van der Waals surface area contributed by atoms with E-state index in [-0.39, 0.29) is 0 Å². The molecule has 1 heterocycles. The Balaban J connectivity index is 1.57. The van der Waals surface area contributed by atoms with Gasteiger partial charge in [0.1, 0.15) is 0 Å². The normalized spacial score (nSPS) is 15.5. The third-order valence-corrected chi connectivity index (χ3v) is 5.63. The lowest BCUT2D eigenvalue weighted by molar-refractivity contribution is 0.236. The van der Waals surface area contributed by atoms with Crippen molar-refractivity contribution in [2.24, 2.45) is 0 Å². The lowest BCUT2D eigenvalue weighted by Gasteiger charge is -2.34. The zero-order valence-corrected chi connectivity index (χ0v) is 17.8. The monoisotopic (exact) mass is 380 g/mol. The van der Waals surface area contributed by atoms with Gasteiger partial charge in [0.05, 0.1) is 0 Å². The number of nitrogens with zero attached hydrogens (tertiary/aromatic N) is 4. The van der Waals surface area contributed by atoms with Crippen LogP contribution in [-0.2, 0) is 13.0 Å². The zero-order valence-electron chi connectivity index (χ0n) is 17.8. The van der Waals surface area contributed by atoms with Gasteiger partial charge in [0, 0.05) is 58.0 Å². The van der Waals surface area contributed by atoms with E-state index in [0.29, 0.717) is 0 Å². The van der Waals surface area contributed by atoms with E-state index in [1.54, 1.807) is 0 Å². The highest BCUT2D eigenvalue weighted by Crippen LogP contribution is 2.18. The minimum Gasteiger partial charge on any atom is -0.369 e. The Bertz CT molecular complexity index is 676. The molecule has 0 amide bonds. The van der Waals surface area contributed by atoms with Crippen LogP contribution in [0, 0.1) is 0 Å². The Labute approximate surface area is 171 Å². The molecule has 4 nitrogen and oxygen atoms in total. The maximum absolute atomic E-state index is 2.58. The number of rotatable bonds is 9. The molecule has 3 rings (SSSR count). The maximum Gasteiger partial charge on any atom is 0.0367 e. The number of anilines is 1. The highest BCUT2D eigenvalue weighted by Gasteiger charge is 2.14. The molecule has 1 fully saturated rings. The third-order valence-electron chi connectivity index (χ3n) is 5.63. The van der Waals surface area contributed by atoms with Gasteiger partial charge in [0.2, 0.25) is 0 Å². The fourth-order valence-corrected chi connectivity index (χ4v) is 3.68. The Kier molecular flexibility index (Phi) is 7.90. The smallest absolute Gasteiger partial charge is 0.0367 e. The van der Waals surface area contributed by atoms with E-state index in [1.165, 1.54) is 16.8 Å². The largest absolute Gasteiger partial charge is 0.369 e. The quantitative estimate of drug-likeness (QED) is 0.663. The summed E-state index contributed by atoms with van der Waals surface area (Å²) in [6.45, 7) is 8.86. The molecule has 2 aromatic rings. The van der Waals surface area contributed by atoms with Gasteiger partial charge in [-0.1, -0.05) is 42.5 Å². The first-order valence-corrected chi connectivity index (χ1v) is 10.5. The fourth-order valence-electron chi connectivity index (χ4n) is 3.68. The summed E-state index contributed by atoms with van der Waals surface area (Å²) in [6.07, 6.45) is 1.10. The van der Waals surface area contributed by atoms with Crippen LogP contribution in [-0.4, -0.2) is 81.7 Å². The molecular formula is C24H36N4. The van der Waals surface area contributed by atoms with Crippen molar-refractivity contribution in [3.8, 4) is 0 Å². The van der Waals surface area contributed by atoms with E-state index < -0.39 is 0 Å². The second kappa shape index (κ2) is 10.6. The first-order chi connectivity index (χ1) is 13.6. The summed E-state index contributed by atoms with van der Waals surface area (Å²) in [6, 6.07) is 20.1. The van der Waals surface area contributed by atoms with Gasteiger partial charge in [0.15, 0.2) is 0 Å². The van der Waals surface area contributed by atoms with Crippen LogP contribution in [0.2, 0.25) is 0 Å². The van der Waals surface area contributed by atoms with E-state index in [2.05, 4.69) is 95.3 Å². The van der Waals surface area contributed by atoms with Gasteiger partial charge in [0.25, 0.3) is 0 Å². The second-order valence-electron chi connectivity index (χ2n) is 8.27. The van der Waals surface area contributed by atoms with Crippen molar-refractivity contribution >= 4 is 5.69 Å². The molecule has 152 valence electrons. The predicted molar refractivity (Wildman–Crippen MR) is 120 cm³/mol. The van der Waals surface area contributed by atoms with E-state index in [9.17, 15) is 0 Å². The highest BCUT2D eigenvalue weighted by atomic mass is 15.2. The van der Waals surface area contributed by atoms with E-state index in [4.69, 9.17) is 0 Å². The molecule has 1 aliphatic heterocycles. The number of benzene rings is 2. The van der Waals surface area contributed by atoms with Crippen molar-refractivity contribution in [1.29, 1.82) is 0 Å². The van der Waals surface area contributed by atoms with E-state index in [0.717, 1.165) is 58.8 Å². The molecule has 2 aromatic carbocycles. The maximum atomic E-state index is 2.58. The van der Waals surface area contributed by atoms with Crippen LogP contribution in [0.3, 0.4) is 0 Å². The standard InChI is InChI=1S/C24H36N4/c1-25(2)15-18-27(14-13-22-7-5-4-6-8-22)21-23-9-11-24(12-10-23)28-19-16-26(3)17-20-28/h4-12H,13-21H2,1-3H3. The first kappa shape index (κ1) is 20.8. The topological polar surface area (TPSA) is 13.0 Å². The minimum absolute atomic E-state index is 1.02. The van der Waals surface area contributed by atoms with Crippen LogP contribution in [0.15, 0.2) is 54.6 Å². The van der Waals surface area contributed by atoms with Crippen LogP contribution in [0.25, 0.3) is 0 Å². The Hall–Kier alpha value is -1.88. The van der Waals surface area contributed by atoms with Gasteiger partial charge in [-0.15, -0.1) is 0 Å². The lowest BCUT2D eigenvalue weighted by Crippen LogP contribution is -2.44. The van der Waals surface area contributed by atoms with E-state index in [1.807, 2.05) is 0 Å². The van der Waals surface area contributed by atoms with Crippen molar-refractivity contribution in [1.82, 2.24) is 14.7 Å². The van der Waals surface area contributed by atoms with Crippen LogP contribution in [0.1, 0.15) is 11.1 Å². The van der Waals surface area contributed by atoms with Gasteiger partial charge in [-0.3, -0.25) is 4.90 Å². The van der Waals surface area contributed by atoms with Gasteiger partial charge in [-0.05, 0) is 50.8 Å².